The van der Waals surface area contributed by atoms with E-state index < -0.39 is 0 Å². The molecular weight excluding hydrogens is 346 g/mol. The standard InChI is InChI=1S/C24H35N3O/c1-6-27(19(4)5)17-20-12-14-21(15-13-20)24(28)25-16-23(18(2)3)26-22-10-8-7-9-11-22/h7-15,18-19,23,26H,6,16-17H2,1-5H3,(H,25,28). The maximum absolute atomic E-state index is 12.6. The van der Waals surface area contributed by atoms with Gasteiger partial charge in [0, 0.05) is 36.4 Å². The summed E-state index contributed by atoms with van der Waals surface area (Å²) < 4.78 is 0. The van der Waals surface area contributed by atoms with E-state index in [1.807, 2.05) is 42.5 Å². The summed E-state index contributed by atoms with van der Waals surface area (Å²) >= 11 is 0. The normalized spacial score (nSPS) is 12.4. The van der Waals surface area contributed by atoms with Gasteiger partial charge in [-0.15, -0.1) is 0 Å². The highest BCUT2D eigenvalue weighted by molar-refractivity contribution is 5.94. The molecule has 0 aliphatic carbocycles. The number of nitrogens with one attached hydrogen (secondary N) is 2. The zero-order valence-electron chi connectivity index (χ0n) is 17.9. The van der Waals surface area contributed by atoms with Crippen molar-refractivity contribution in [1.82, 2.24) is 10.2 Å². The van der Waals surface area contributed by atoms with Gasteiger partial charge in [0.2, 0.25) is 0 Å². The molecule has 1 atom stereocenters. The van der Waals surface area contributed by atoms with Crippen LogP contribution in [0, 0.1) is 5.92 Å². The maximum atomic E-state index is 12.6. The van der Waals surface area contributed by atoms with Crippen molar-refractivity contribution in [2.45, 2.75) is 53.2 Å². The van der Waals surface area contributed by atoms with Crippen molar-refractivity contribution in [2.75, 3.05) is 18.4 Å². The molecule has 0 spiro atoms. The van der Waals surface area contributed by atoms with Gasteiger partial charge in [-0.25, -0.2) is 0 Å². The molecule has 0 aliphatic heterocycles. The van der Waals surface area contributed by atoms with Crippen molar-refractivity contribution in [2.24, 2.45) is 5.92 Å². The van der Waals surface area contributed by atoms with Crippen LogP contribution in [0.5, 0.6) is 0 Å². The third-order valence-corrected chi connectivity index (χ3v) is 5.15. The van der Waals surface area contributed by atoms with E-state index in [1.165, 1.54) is 5.56 Å². The first-order valence-electron chi connectivity index (χ1n) is 10.3. The minimum Gasteiger partial charge on any atom is -0.380 e. The molecule has 1 amide bonds. The quantitative estimate of drug-likeness (QED) is 0.622. The van der Waals surface area contributed by atoms with E-state index in [0.29, 0.717) is 24.1 Å². The Hall–Kier alpha value is -2.33. The van der Waals surface area contributed by atoms with E-state index in [2.05, 4.69) is 62.3 Å². The Kier molecular flexibility index (Phi) is 8.52. The number of rotatable bonds is 10. The fourth-order valence-electron chi connectivity index (χ4n) is 3.16. The minimum atomic E-state index is -0.0248. The summed E-state index contributed by atoms with van der Waals surface area (Å²) in [5.41, 5.74) is 3.02. The van der Waals surface area contributed by atoms with Crippen LogP contribution >= 0.6 is 0 Å². The van der Waals surface area contributed by atoms with Gasteiger partial charge in [-0.2, -0.15) is 0 Å². The number of nitrogens with zero attached hydrogens (tertiary/aromatic N) is 1. The molecule has 0 heterocycles. The van der Waals surface area contributed by atoms with Crippen LogP contribution in [0.15, 0.2) is 54.6 Å². The highest BCUT2D eigenvalue weighted by atomic mass is 16.1. The van der Waals surface area contributed by atoms with E-state index in [9.17, 15) is 4.79 Å². The molecule has 0 aromatic heterocycles. The fraction of sp³-hybridized carbons (Fsp3) is 0.458. The van der Waals surface area contributed by atoms with Gasteiger partial charge in [0.1, 0.15) is 0 Å². The van der Waals surface area contributed by atoms with Crippen LogP contribution in [0.1, 0.15) is 50.5 Å². The Morgan fingerprint density at radius 3 is 2.14 bits per heavy atom. The van der Waals surface area contributed by atoms with E-state index in [0.717, 1.165) is 18.8 Å². The average molecular weight is 382 g/mol. The summed E-state index contributed by atoms with van der Waals surface area (Å²) in [4.78, 5) is 15.0. The van der Waals surface area contributed by atoms with Crippen LogP contribution in [-0.4, -0.2) is 36.0 Å². The van der Waals surface area contributed by atoms with Crippen LogP contribution < -0.4 is 10.6 Å². The van der Waals surface area contributed by atoms with Gasteiger partial charge < -0.3 is 10.6 Å². The predicted molar refractivity (Wildman–Crippen MR) is 119 cm³/mol. The zero-order chi connectivity index (χ0) is 20.5. The first kappa shape index (κ1) is 22.0. The predicted octanol–water partition coefficient (Wildman–Crippen LogP) is 4.78. The molecule has 2 N–H and O–H groups in total. The molecule has 0 aliphatic rings. The Morgan fingerprint density at radius 1 is 0.964 bits per heavy atom. The first-order chi connectivity index (χ1) is 13.4. The van der Waals surface area contributed by atoms with Gasteiger partial charge in [0.05, 0.1) is 0 Å². The minimum absolute atomic E-state index is 0.0248. The molecule has 0 radical (unpaired) electrons. The molecule has 2 aromatic rings. The van der Waals surface area contributed by atoms with Crippen molar-refractivity contribution >= 4 is 11.6 Å². The van der Waals surface area contributed by atoms with Gasteiger partial charge in [-0.05, 0) is 56.1 Å². The summed E-state index contributed by atoms with van der Waals surface area (Å²) in [5, 5.41) is 6.59. The SMILES string of the molecule is CCN(Cc1ccc(C(=O)NCC(Nc2ccccc2)C(C)C)cc1)C(C)C. The Balaban J connectivity index is 1.92. The second-order valence-electron chi connectivity index (χ2n) is 7.92. The van der Waals surface area contributed by atoms with Gasteiger partial charge in [0.15, 0.2) is 0 Å². The van der Waals surface area contributed by atoms with Crippen molar-refractivity contribution in [3.05, 3.63) is 65.7 Å². The molecule has 4 nitrogen and oxygen atoms in total. The van der Waals surface area contributed by atoms with E-state index in [1.54, 1.807) is 0 Å². The lowest BCUT2D eigenvalue weighted by molar-refractivity contribution is 0.0950. The van der Waals surface area contributed by atoms with Crippen molar-refractivity contribution < 1.29 is 4.79 Å². The lowest BCUT2D eigenvalue weighted by Gasteiger charge is -2.25. The Morgan fingerprint density at radius 2 is 1.61 bits per heavy atom. The third-order valence-electron chi connectivity index (χ3n) is 5.15. The summed E-state index contributed by atoms with van der Waals surface area (Å²) in [5.74, 6) is 0.377. The zero-order valence-corrected chi connectivity index (χ0v) is 17.9. The molecular formula is C24H35N3O. The lowest BCUT2D eigenvalue weighted by Crippen LogP contribution is -2.39. The second kappa shape index (κ2) is 10.9. The number of benzene rings is 2. The highest BCUT2D eigenvalue weighted by Gasteiger charge is 2.15. The highest BCUT2D eigenvalue weighted by Crippen LogP contribution is 2.13. The van der Waals surface area contributed by atoms with E-state index in [-0.39, 0.29) is 11.9 Å². The molecule has 4 heteroatoms. The largest absolute Gasteiger partial charge is 0.380 e. The summed E-state index contributed by atoms with van der Waals surface area (Å²) in [6, 6.07) is 18.8. The van der Waals surface area contributed by atoms with Crippen molar-refractivity contribution in [1.29, 1.82) is 0 Å². The number of para-hydroxylation sites is 1. The number of anilines is 1. The first-order valence-corrected chi connectivity index (χ1v) is 10.3. The Bertz CT molecular complexity index is 710. The molecule has 1 unspecified atom stereocenters. The number of carbonyl (C=O) groups is 1. The number of hydrogen-bond donors (Lipinski definition) is 2. The topological polar surface area (TPSA) is 44.4 Å². The molecule has 2 rings (SSSR count). The molecule has 0 bridgehead atoms. The Labute approximate surface area is 170 Å². The number of amides is 1. The molecule has 28 heavy (non-hydrogen) atoms. The average Bonchev–Trinajstić information content (AvgIpc) is 2.69. The monoisotopic (exact) mass is 381 g/mol. The molecule has 2 aromatic carbocycles. The van der Waals surface area contributed by atoms with Gasteiger partial charge in [-0.1, -0.05) is 51.1 Å². The van der Waals surface area contributed by atoms with Crippen LogP contribution in [0.3, 0.4) is 0 Å². The van der Waals surface area contributed by atoms with Gasteiger partial charge >= 0.3 is 0 Å². The second-order valence-corrected chi connectivity index (χ2v) is 7.92. The van der Waals surface area contributed by atoms with Crippen LogP contribution in [0.2, 0.25) is 0 Å². The van der Waals surface area contributed by atoms with Crippen LogP contribution in [0.25, 0.3) is 0 Å². The maximum Gasteiger partial charge on any atom is 0.251 e. The molecule has 0 saturated carbocycles. The van der Waals surface area contributed by atoms with E-state index in [4.69, 9.17) is 0 Å². The molecule has 0 fully saturated rings. The molecule has 0 saturated heterocycles. The van der Waals surface area contributed by atoms with Crippen molar-refractivity contribution in [3.63, 3.8) is 0 Å². The van der Waals surface area contributed by atoms with Crippen LogP contribution in [-0.2, 0) is 6.54 Å². The van der Waals surface area contributed by atoms with Crippen LogP contribution in [0.4, 0.5) is 5.69 Å². The fourth-order valence-corrected chi connectivity index (χ4v) is 3.16. The summed E-state index contributed by atoms with van der Waals surface area (Å²) in [7, 11) is 0. The number of hydrogen-bond acceptors (Lipinski definition) is 3. The molecule has 152 valence electrons. The van der Waals surface area contributed by atoms with Gasteiger partial charge in [-0.3, -0.25) is 9.69 Å². The van der Waals surface area contributed by atoms with E-state index >= 15 is 0 Å². The third kappa shape index (κ3) is 6.68. The summed E-state index contributed by atoms with van der Waals surface area (Å²) in [6.07, 6.45) is 0. The lowest BCUT2D eigenvalue weighted by atomic mass is 10.0. The van der Waals surface area contributed by atoms with Crippen molar-refractivity contribution in [3.8, 4) is 0 Å². The summed E-state index contributed by atoms with van der Waals surface area (Å²) in [6.45, 7) is 13.4. The number of carbonyl (C=O) groups excluding carboxylic acids is 1. The smallest absolute Gasteiger partial charge is 0.251 e. The van der Waals surface area contributed by atoms with Gasteiger partial charge in [0.25, 0.3) is 5.91 Å².